The third-order valence-corrected chi connectivity index (χ3v) is 4.41. The first-order chi connectivity index (χ1) is 12.6. The third kappa shape index (κ3) is 4.18. The molecule has 0 radical (unpaired) electrons. The van der Waals surface area contributed by atoms with Gasteiger partial charge in [0.15, 0.2) is 0 Å². The Morgan fingerprint density at radius 1 is 1.15 bits per heavy atom. The van der Waals surface area contributed by atoms with Crippen molar-refractivity contribution in [1.82, 2.24) is 9.78 Å². The van der Waals surface area contributed by atoms with E-state index < -0.39 is 0 Å². The standard InChI is InChI=1S/C19H17Cl2N3O2/c1-2-26-18-9-4-3-6-14(18)19(25)23-13-10-22-24(11-13)12-15-16(20)7-5-8-17(15)21/h3-11H,2,12H2,1H3,(H,23,25). The fourth-order valence-electron chi connectivity index (χ4n) is 2.49. The van der Waals surface area contributed by atoms with E-state index in [0.717, 1.165) is 5.56 Å². The first-order valence-electron chi connectivity index (χ1n) is 8.07. The molecule has 0 bridgehead atoms. The Kier molecular flexibility index (Phi) is 5.81. The molecule has 3 rings (SSSR count). The Labute approximate surface area is 161 Å². The van der Waals surface area contributed by atoms with Crippen LogP contribution in [0.2, 0.25) is 10.0 Å². The smallest absolute Gasteiger partial charge is 0.259 e. The van der Waals surface area contributed by atoms with Crippen LogP contribution in [0.3, 0.4) is 0 Å². The summed E-state index contributed by atoms with van der Waals surface area (Å²) >= 11 is 12.4. The number of amides is 1. The summed E-state index contributed by atoms with van der Waals surface area (Å²) in [6.07, 6.45) is 3.30. The maximum Gasteiger partial charge on any atom is 0.259 e. The molecule has 0 atom stereocenters. The van der Waals surface area contributed by atoms with Gasteiger partial charge in [0.05, 0.1) is 30.6 Å². The second kappa shape index (κ2) is 8.25. The topological polar surface area (TPSA) is 56.1 Å². The Hall–Kier alpha value is -2.50. The minimum absolute atomic E-state index is 0.260. The number of para-hydroxylation sites is 1. The molecule has 1 aromatic heterocycles. The quantitative estimate of drug-likeness (QED) is 0.652. The van der Waals surface area contributed by atoms with Crippen LogP contribution in [0, 0.1) is 0 Å². The maximum atomic E-state index is 12.5. The van der Waals surface area contributed by atoms with Gasteiger partial charge in [0.2, 0.25) is 0 Å². The number of nitrogens with one attached hydrogen (secondary N) is 1. The number of hydrogen-bond acceptors (Lipinski definition) is 3. The maximum absolute atomic E-state index is 12.5. The van der Waals surface area contributed by atoms with Crippen LogP contribution in [-0.4, -0.2) is 22.3 Å². The lowest BCUT2D eigenvalue weighted by molar-refractivity contribution is 0.102. The van der Waals surface area contributed by atoms with Crippen molar-refractivity contribution in [2.75, 3.05) is 11.9 Å². The van der Waals surface area contributed by atoms with Crippen molar-refractivity contribution in [3.8, 4) is 5.75 Å². The molecule has 0 aliphatic heterocycles. The van der Waals surface area contributed by atoms with Crippen LogP contribution in [0.15, 0.2) is 54.9 Å². The highest BCUT2D eigenvalue weighted by atomic mass is 35.5. The van der Waals surface area contributed by atoms with Crippen molar-refractivity contribution in [2.24, 2.45) is 0 Å². The van der Waals surface area contributed by atoms with E-state index >= 15 is 0 Å². The van der Waals surface area contributed by atoms with Crippen LogP contribution in [-0.2, 0) is 6.54 Å². The average molecular weight is 390 g/mol. The summed E-state index contributed by atoms with van der Waals surface area (Å²) in [5.74, 6) is 0.284. The zero-order valence-corrected chi connectivity index (χ0v) is 15.6. The summed E-state index contributed by atoms with van der Waals surface area (Å²) in [4.78, 5) is 12.5. The van der Waals surface area contributed by atoms with Crippen molar-refractivity contribution in [2.45, 2.75) is 13.5 Å². The largest absolute Gasteiger partial charge is 0.493 e. The number of anilines is 1. The van der Waals surface area contributed by atoms with Crippen molar-refractivity contribution >= 4 is 34.8 Å². The number of nitrogens with zero attached hydrogens (tertiary/aromatic N) is 2. The Bertz CT molecular complexity index is 904. The molecule has 1 amide bonds. The zero-order chi connectivity index (χ0) is 18.5. The monoisotopic (exact) mass is 389 g/mol. The molecule has 0 saturated carbocycles. The Morgan fingerprint density at radius 3 is 2.62 bits per heavy atom. The lowest BCUT2D eigenvalue weighted by atomic mass is 10.2. The van der Waals surface area contributed by atoms with E-state index in [1.54, 1.807) is 53.5 Å². The van der Waals surface area contributed by atoms with Crippen LogP contribution < -0.4 is 10.1 Å². The molecule has 134 valence electrons. The molecule has 0 fully saturated rings. The molecule has 0 spiro atoms. The lowest BCUT2D eigenvalue weighted by Crippen LogP contribution is -2.13. The van der Waals surface area contributed by atoms with E-state index in [0.29, 0.717) is 40.2 Å². The molecule has 0 saturated heterocycles. The highest BCUT2D eigenvalue weighted by Gasteiger charge is 2.13. The van der Waals surface area contributed by atoms with Gasteiger partial charge in [0, 0.05) is 21.8 Å². The molecule has 0 aliphatic carbocycles. The Morgan fingerprint density at radius 2 is 1.88 bits per heavy atom. The van der Waals surface area contributed by atoms with Gasteiger partial charge in [-0.2, -0.15) is 5.10 Å². The summed E-state index contributed by atoms with van der Waals surface area (Å²) in [6, 6.07) is 12.4. The van der Waals surface area contributed by atoms with E-state index in [1.807, 2.05) is 13.0 Å². The third-order valence-electron chi connectivity index (χ3n) is 3.70. The summed E-state index contributed by atoms with van der Waals surface area (Å²) in [7, 11) is 0. The van der Waals surface area contributed by atoms with Crippen LogP contribution in [0.4, 0.5) is 5.69 Å². The van der Waals surface area contributed by atoms with Crippen LogP contribution in [0.5, 0.6) is 5.75 Å². The molecule has 1 N–H and O–H groups in total. The van der Waals surface area contributed by atoms with E-state index in [4.69, 9.17) is 27.9 Å². The van der Waals surface area contributed by atoms with Gasteiger partial charge in [-0.3, -0.25) is 9.48 Å². The van der Waals surface area contributed by atoms with E-state index in [1.165, 1.54) is 0 Å². The molecule has 5 nitrogen and oxygen atoms in total. The summed E-state index contributed by atoms with van der Waals surface area (Å²) < 4.78 is 7.16. The summed E-state index contributed by atoms with van der Waals surface area (Å²) in [6.45, 7) is 2.77. The molecule has 2 aromatic carbocycles. The SMILES string of the molecule is CCOc1ccccc1C(=O)Nc1cnn(Cc2c(Cl)cccc2Cl)c1. The van der Waals surface area contributed by atoms with Gasteiger partial charge in [-0.25, -0.2) is 0 Å². The van der Waals surface area contributed by atoms with Gasteiger partial charge < -0.3 is 10.1 Å². The van der Waals surface area contributed by atoms with Crippen LogP contribution in [0.1, 0.15) is 22.8 Å². The minimum Gasteiger partial charge on any atom is -0.493 e. The van der Waals surface area contributed by atoms with Crippen molar-refractivity contribution in [3.63, 3.8) is 0 Å². The van der Waals surface area contributed by atoms with E-state index in [2.05, 4.69) is 10.4 Å². The predicted octanol–water partition coefficient (Wildman–Crippen LogP) is 4.89. The highest BCUT2D eigenvalue weighted by Crippen LogP contribution is 2.25. The minimum atomic E-state index is -0.260. The fourth-order valence-corrected chi connectivity index (χ4v) is 3.01. The van der Waals surface area contributed by atoms with Gasteiger partial charge in [-0.05, 0) is 31.2 Å². The normalized spacial score (nSPS) is 10.6. The highest BCUT2D eigenvalue weighted by molar-refractivity contribution is 6.35. The van der Waals surface area contributed by atoms with Gasteiger partial charge >= 0.3 is 0 Å². The van der Waals surface area contributed by atoms with Crippen molar-refractivity contribution < 1.29 is 9.53 Å². The van der Waals surface area contributed by atoms with Gasteiger partial charge in [-0.15, -0.1) is 0 Å². The van der Waals surface area contributed by atoms with E-state index in [-0.39, 0.29) is 5.91 Å². The first kappa shape index (κ1) is 18.3. The number of carbonyl (C=O) groups excluding carboxylic acids is 1. The molecule has 7 heteroatoms. The van der Waals surface area contributed by atoms with Gasteiger partial charge in [-0.1, -0.05) is 41.4 Å². The van der Waals surface area contributed by atoms with Gasteiger partial charge in [0.25, 0.3) is 5.91 Å². The van der Waals surface area contributed by atoms with E-state index in [9.17, 15) is 4.79 Å². The number of ether oxygens (including phenoxy) is 1. The summed E-state index contributed by atoms with van der Waals surface area (Å²) in [5.41, 5.74) is 1.82. The molecule has 0 aliphatic rings. The van der Waals surface area contributed by atoms with Crippen molar-refractivity contribution in [1.29, 1.82) is 0 Å². The number of hydrogen-bond donors (Lipinski definition) is 1. The molecule has 0 unspecified atom stereocenters. The predicted molar refractivity (Wildman–Crippen MR) is 103 cm³/mol. The molecular weight excluding hydrogens is 373 g/mol. The van der Waals surface area contributed by atoms with Crippen LogP contribution >= 0.6 is 23.2 Å². The van der Waals surface area contributed by atoms with Crippen LogP contribution in [0.25, 0.3) is 0 Å². The Balaban J connectivity index is 1.74. The summed E-state index contributed by atoms with van der Waals surface area (Å²) in [5, 5.41) is 8.22. The number of benzene rings is 2. The average Bonchev–Trinajstić information content (AvgIpc) is 3.06. The number of aromatic nitrogens is 2. The second-order valence-corrected chi connectivity index (χ2v) is 6.32. The number of halogens is 2. The molecule has 1 heterocycles. The molecular formula is C19H17Cl2N3O2. The fraction of sp³-hybridized carbons (Fsp3) is 0.158. The first-order valence-corrected chi connectivity index (χ1v) is 8.82. The lowest BCUT2D eigenvalue weighted by Gasteiger charge is -2.09. The molecule has 26 heavy (non-hydrogen) atoms. The van der Waals surface area contributed by atoms with Crippen molar-refractivity contribution in [3.05, 3.63) is 76.0 Å². The van der Waals surface area contributed by atoms with Gasteiger partial charge in [0.1, 0.15) is 5.75 Å². The zero-order valence-electron chi connectivity index (χ0n) is 14.1. The second-order valence-electron chi connectivity index (χ2n) is 5.51. The molecule has 3 aromatic rings. The number of rotatable bonds is 6. The number of carbonyl (C=O) groups is 1.